The number of thiol groups is 1. The highest BCUT2D eigenvalue weighted by molar-refractivity contribution is 8.10. The lowest BCUT2D eigenvalue weighted by atomic mass is 10.9. The van der Waals surface area contributed by atoms with Gasteiger partial charge in [-0.05, 0) is 12.2 Å². The predicted octanol–water partition coefficient (Wildman–Crippen LogP) is 0.398. The first-order chi connectivity index (χ1) is 4.29. The largest absolute Gasteiger partial charge is 0.419 e. The van der Waals surface area contributed by atoms with Crippen LogP contribution in [0.25, 0.3) is 0 Å². The van der Waals surface area contributed by atoms with Gasteiger partial charge in [-0.1, -0.05) is 12.6 Å². The molecule has 0 aliphatic carbocycles. The molecule has 1 N–H and O–H groups in total. The maximum atomic E-state index is 4.74. The third-order valence-corrected chi connectivity index (χ3v) is 0.759. The maximum Gasteiger partial charge on any atom is 0.259 e. The number of hydrogen-bond donors (Lipinski definition) is 2. The molecule has 0 aromatic carbocycles. The molecule has 4 nitrogen and oxygen atoms in total. The summed E-state index contributed by atoms with van der Waals surface area (Å²) < 4.78 is 4.87. The van der Waals surface area contributed by atoms with Gasteiger partial charge in [0, 0.05) is 0 Å². The van der Waals surface area contributed by atoms with Crippen molar-refractivity contribution in [2.24, 2.45) is 0 Å². The normalized spacial score (nSPS) is 9.00. The van der Waals surface area contributed by atoms with Crippen LogP contribution in [-0.2, 0) is 0 Å². The number of H-pyrrole nitrogens is 1. The first kappa shape index (κ1) is 6.50. The quantitative estimate of drug-likeness (QED) is 0.462. The van der Waals surface area contributed by atoms with Gasteiger partial charge in [0.05, 0.1) is 0 Å². The van der Waals surface area contributed by atoms with Gasteiger partial charge in [0.25, 0.3) is 5.88 Å². The molecule has 1 rings (SSSR count). The Hall–Kier alpha value is -0.620. The van der Waals surface area contributed by atoms with Gasteiger partial charge < -0.3 is 4.74 Å². The van der Waals surface area contributed by atoms with E-state index in [1.54, 1.807) is 0 Å². The minimum absolute atomic E-state index is 0.129. The molecule has 1 heterocycles. The van der Waals surface area contributed by atoms with Gasteiger partial charge in [0.2, 0.25) is 4.38 Å². The molecule has 0 bridgehead atoms. The molecule has 0 spiro atoms. The van der Waals surface area contributed by atoms with Gasteiger partial charge >= 0.3 is 0 Å². The SMILES string of the molecule is S=C(S)Oc1cn[nH]n1. The molecule has 0 amide bonds. The molecule has 0 saturated heterocycles. The predicted molar refractivity (Wildman–Crippen MR) is 38.6 cm³/mol. The Morgan fingerprint density at radius 3 is 3.11 bits per heavy atom. The van der Waals surface area contributed by atoms with Crippen LogP contribution in [0.15, 0.2) is 6.20 Å². The molecule has 0 aliphatic rings. The lowest BCUT2D eigenvalue weighted by molar-refractivity contribution is 0.551. The van der Waals surface area contributed by atoms with Crippen molar-refractivity contribution in [3.63, 3.8) is 0 Å². The van der Waals surface area contributed by atoms with Crippen LogP contribution < -0.4 is 4.74 Å². The Morgan fingerprint density at radius 1 is 1.89 bits per heavy atom. The minimum Gasteiger partial charge on any atom is -0.419 e. The molecule has 1 aromatic heterocycles. The van der Waals surface area contributed by atoms with Crippen LogP contribution in [0.3, 0.4) is 0 Å². The number of ether oxygens (including phenoxy) is 1. The minimum atomic E-state index is 0.129. The highest BCUT2D eigenvalue weighted by Gasteiger charge is 1.95. The second kappa shape index (κ2) is 2.79. The monoisotopic (exact) mass is 161 g/mol. The van der Waals surface area contributed by atoms with Crippen LogP contribution in [-0.4, -0.2) is 19.8 Å². The molecule has 0 unspecified atom stereocenters. The topological polar surface area (TPSA) is 50.8 Å². The van der Waals surface area contributed by atoms with Crippen LogP contribution in [0, 0.1) is 0 Å². The van der Waals surface area contributed by atoms with Crippen LogP contribution in [0.5, 0.6) is 5.88 Å². The van der Waals surface area contributed by atoms with Gasteiger partial charge in [-0.2, -0.15) is 10.3 Å². The summed E-state index contributed by atoms with van der Waals surface area (Å²) in [6, 6.07) is 0. The molecule has 9 heavy (non-hydrogen) atoms. The van der Waals surface area contributed by atoms with E-state index in [1.807, 2.05) is 0 Å². The first-order valence-electron chi connectivity index (χ1n) is 2.05. The standard InChI is InChI=1S/C3H3N3OS2/c8-3(9)7-2-1-4-6-5-2/h1H,(H,8,9)(H,4,5,6). The third kappa shape index (κ3) is 1.98. The highest BCUT2D eigenvalue weighted by Crippen LogP contribution is 2.01. The number of nitrogens with zero attached hydrogens (tertiary/aromatic N) is 2. The molecule has 6 heteroatoms. The summed E-state index contributed by atoms with van der Waals surface area (Å²) in [5.41, 5.74) is 0. The van der Waals surface area contributed by atoms with Crippen LogP contribution in [0.4, 0.5) is 0 Å². The average molecular weight is 161 g/mol. The van der Waals surface area contributed by atoms with E-state index in [1.165, 1.54) is 6.20 Å². The van der Waals surface area contributed by atoms with Crippen molar-refractivity contribution >= 4 is 29.2 Å². The molecule has 48 valence electrons. The van der Waals surface area contributed by atoms with E-state index in [2.05, 4.69) is 40.3 Å². The Balaban J connectivity index is 2.58. The van der Waals surface area contributed by atoms with Crippen molar-refractivity contribution in [1.29, 1.82) is 0 Å². The highest BCUT2D eigenvalue weighted by atomic mass is 32.1. The lowest BCUT2D eigenvalue weighted by Crippen LogP contribution is -1.95. The number of hydrogen-bond acceptors (Lipinski definition) is 4. The second-order valence-corrected chi connectivity index (χ2v) is 2.26. The van der Waals surface area contributed by atoms with Crippen molar-refractivity contribution < 1.29 is 4.74 Å². The molecule has 1 aromatic rings. The van der Waals surface area contributed by atoms with Crippen molar-refractivity contribution in [2.75, 3.05) is 0 Å². The zero-order valence-electron chi connectivity index (χ0n) is 4.24. The molecule has 0 fully saturated rings. The van der Waals surface area contributed by atoms with E-state index < -0.39 is 0 Å². The molecule has 0 radical (unpaired) electrons. The number of thiocarbonyl (C=S) groups is 1. The summed E-state index contributed by atoms with van der Waals surface area (Å²) in [6.45, 7) is 0. The van der Waals surface area contributed by atoms with Gasteiger partial charge in [-0.25, -0.2) is 0 Å². The fourth-order valence-corrected chi connectivity index (χ4v) is 0.509. The number of aromatic amines is 1. The van der Waals surface area contributed by atoms with Crippen LogP contribution >= 0.6 is 24.8 Å². The average Bonchev–Trinajstić information content (AvgIpc) is 2.15. The fourth-order valence-electron chi connectivity index (χ4n) is 0.330. The van der Waals surface area contributed by atoms with Crippen molar-refractivity contribution in [3.05, 3.63) is 6.20 Å². The lowest BCUT2D eigenvalue weighted by Gasteiger charge is -1.91. The summed E-state index contributed by atoms with van der Waals surface area (Å²) in [5.74, 6) is 0.329. The van der Waals surface area contributed by atoms with Crippen molar-refractivity contribution in [1.82, 2.24) is 15.4 Å². The molecule has 0 atom stereocenters. The molecular formula is C3H3N3OS2. The van der Waals surface area contributed by atoms with E-state index in [9.17, 15) is 0 Å². The Kier molecular flexibility index (Phi) is 2.01. The van der Waals surface area contributed by atoms with E-state index in [-0.39, 0.29) is 4.38 Å². The van der Waals surface area contributed by atoms with E-state index in [4.69, 9.17) is 4.74 Å². The van der Waals surface area contributed by atoms with E-state index in [0.29, 0.717) is 5.88 Å². The van der Waals surface area contributed by atoms with Gasteiger partial charge in [0.15, 0.2) is 0 Å². The van der Waals surface area contributed by atoms with Crippen molar-refractivity contribution in [3.8, 4) is 5.88 Å². The Morgan fingerprint density at radius 2 is 2.67 bits per heavy atom. The van der Waals surface area contributed by atoms with E-state index >= 15 is 0 Å². The molecular weight excluding hydrogens is 158 g/mol. The van der Waals surface area contributed by atoms with Crippen molar-refractivity contribution in [2.45, 2.75) is 0 Å². The summed E-state index contributed by atoms with van der Waals surface area (Å²) in [6.07, 6.45) is 1.41. The zero-order chi connectivity index (χ0) is 6.69. The summed E-state index contributed by atoms with van der Waals surface area (Å²) >= 11 is 8.22. The second-order valence-electron chi connectivity index (χ2n) is 1.18. The van der Waals surface area contributed by atoms with Gasteiger partial charge in [0.1, 0.15) is 6.20 Å². The smallest absolute Gasteiger partial charge is 0.259 e. The van der Waals surface area contributed by atoms with Gasteiger partial charge in [-0.15, -0.1) is 5.10 Å². The summed E-state index contributed by atoms with van der Waals surface area (Å²) in [5, 5.41) is 9.40. The van der Waals surface area contributed by atoms with Crippen LogP contribution in [0.2, 0.25) is 0 Å². The van der Waals surface area contributed by atoms with E-state index in [0.717, 1.165) is 0 Å². The third-order valence-electron chi connectivity index (χ3n) is 0.585. The number of rotatable bonds is 1. The summed E-state index contributed by atoms with van der Waals surface area (Å²) in [7, 11) is 0. The van der Waals surface area contributed by atoms with Crippen LogP contribution in [0.1, 0.15) is 0 Å². The first-order valence-corrected chi connectivity index (χ1v) is 2.91. The summed E-state index contributed by atoms with van der Waals surface area (Å²) in [4.78, 5) is 0. The Labute approximate surface area is 62.0 Å². The molecule has 0 saturated carbocycles. The zero-order valence-corrected chi connectivity index (χ0v) is 5.95. The fraction of sp³-hybridized carbons (Fsp3) is 0. The van der Waals surface area contributed by atoms with Gasteiger partial charge in [-0.3, -0.25) is 0 Å². The molecule has 0 aliphatic heterocycles. The number of nitrogens with one attached hydrogen (secondary N) is 1. The Bertz CT molecular complexity index is 197. The number of aromatic nitrogens is 3. The maximum absolute atomic E-state index is 4.74.